The molecular formula is C13H17N3O3. The van der Waals surface area contributed by atoms with Crippen LogP contribution in [0.5, 0.6) is 0 Å². The molecule has 1 aromatic heterocycles. The fourth-order valence-electron chi connectivity index (χ4n) is 2.02. The zero-order valence-corrected chi connectivity index (χ0v) is 11.0. The summed E-state index contributed by atoms with van der Waals surface area (Å²) in [5.74, 6) is -0.915. The highest BCUT2D eigenvalue weighted by molar-refractivity contribution is 5.79. The Kier molecular flexibility index (Phi) is 3.42. The molecule has 102 valence electrons. The molecule has 1 fully saturated rings. The molecule has 0 bridgehead atoms. The second-order valence-electron chi connectivity index (χ2n) is 5.33. The summed E-state index contributed by atoms with van der Waals surface area (Å²) < 4.78 is 0. The van der Waals surface area contributed by atoms with Crippen LogP contribution in [0.1, 0.15) is 25.6 Å². The predicted octanol–water partition coefficient (Wildman–Crippen LogP) is 1.26. The number of carboxylic acid groups (broad SMARTS) is 1. The molecule has 1 aromatic rings. The largest absolute Gasteiger partial charge is 0.481 e. The van der Waals surface area contributed by atoms with Gasteiger partial charge in [-0.15, -0.1) is 0 Å². The predicted molar refractivity (Wildman–Crippen MR) is 68.5 cm³/mol. The minimum atomic E-state index is -0.962. The highest BCUT2D eigenvalue weighted by atomic mass is 16.4. The normalized spacial score (nSPS) is 19.4. The van der Waals surface area contributed by atoms with Gasteiger partial charge in [0, 0.05) is 19.3 Å². The van der Waals surface area contributed by atoms with Gasteiger partial charge in [-0.2, -0.15) is 0 Å². The zero-order chi connectivity index (χ0) is 14.0. The average molecular weight is 263 g/mol. The summed E-state index contributed by atoms with van der Waals surface area (Å²) in [6.45, 7) is 3.83. The summed E-state index contributed by atoms with van der Waals surface area (Å²) in [4.78, 5) is 28.7. The Labute approximate surface area is 111 Å². The fraction of sp³-hybridized carbons (Fsp3) is 0.462. The van der Waals surface area contributed by atoms with Crippen molar-refractivity contribution in [1.82, 2.24) is 15.2 Å². The summed E-state index contributed by atoms with van der Waals surface area (Å²) >= 11 is 0. The van der Waals surface area contributed by atoms with Crippen LogP contribution in [0.15, 0.2) is 24.4 Å². The van der Waals surface area contributed by atoms with E-state index in [0.717, 1.165) is 5.69 Å². The lowest BCUT2D eigenvalue weighted by Gasteiger charge is -2.25. The maximum Gasteiger partial charge on any atom is 0.318 e. The van der Waals surface area contributed by atoms with Crippen LogP contribution in [0.4, 0.5) is 4.79 Å². The van der Waals surface area contributed by atoms with Gasteiger partial charge in [-0.1, -0.05) is 6.07 Å². The number of urea groups is 1. The first-order valence-electron chi connectivity index (χ1n) is 6.10. The molecule has 0 saturated carbocycles. The lowest BCUT2D eigenvalue weighted by Crippen LogP contribution is -2.40. The van der Waals surface area contributed by atoms with Gasteiger partial charge in [-0.3, -0.25) is 9.78 Å². The van der Waals surface area contributed by atoms with Crippen molar-refractivity contribution in [3.8, 4) is 0 Å². The maximum absolute atomic E-state index is 11.9. The highest BCUT2D eigenvalue weighted by Gasteiger charge is 2.37. The summed E-state index contributed by atoms with van der Waals surface area (Å²) in [6.07, 6.45) is 1.67. The lowest BCUT2D eigenvalue weighted by atomic mass is 9.93. The van der Waals surface area contributed by atoms with E-state index in [4.69, 9.17) is 5.11 Å². The molecule has 0 aromatic carbocycles. The molecule has 19 heavy (non-hydrogen) atoms. The van der Waals surface area contributed by atoms with Crippen molar-refractivity contribution in [1.29, 1.82) is 0 Å². The Bertz CT molecular complexity index is 487. The third kappa shape index (κ3) is 2.83. The highest BCUT2D eigenvalue weighted by Crippen LogP contribution is 2.23. The van der Waals surface area contributed by atoms with Crippen molar-refractivity contribution in [2.45, 2.75) is 19.9 Å². The molecule has 0 radical (unpaired) electrons. The third-order valence-corrected chi connectivity index (χ3v) is 3.20. The van der Waals surface area contributed by atoms with E-state index in [-0.39, 0.29) is 18.6 Å². The summed E-state index contributed by atoms with van der Waals surface area (Å²) in [6, 6.07) is 5.09. The second kappa shape index (κ2) is 4.87. The molecule has 1 atom stereocenters. The number of aliphatic carboxylic acids is 1. The number of amides is 2. The van der Waals surface area contributed by atoms with Crippen LogP contribution >= 0.6 is 0 Å². The fourth-order valence-corrected chi connectivity index (χ4v) is 2.02. The molecule has 1 saturated heterocycles. The van der Waals surface area contributed by atoms with E-state index in [1.807, 2.05) is 18.2 Å². The number of aromatic nitrogens is 1. The molecule has 2 rings (SSSR count). The molecule has 2 heterocycles. The summed E-state index contributed by atoms with van der Waals surface area (Å²) in [7, 11) is 0. The number of rotatable bonds is 4. The molecule has 6 nitrogen and oxygen atoms in total. The number of pyridine rings is 1. The molecule has 2 N–H and O–H groups in total. The molecule has 2 amide bonds. The molecule has 1 aliphatic rings. The topological polar surface area (TPSA) is 82.5 Å². The molecule has 6 heteroatoms. The standard InChI is InChI=1S/C13H17N3O3/c1-13(2,11(17)18)8-16-7-10(15-12(16)19)9-5-3-4-6-14-9/h3-6,10H,7-8H2,1-2H3,(H,15,19)(H,17,18). The monoisotopic (exact) mass is 263 g/mol. The lowest BCUT2D eigenvalue weighted by molar-refractivity contribution is -0.147. The average Bonchev–Trinajstić information content (AvgIpc) is 2.71. The van der Waals surface area contributed by atoms with Crippen molar-refractivity contribution in [2.75, 3.05) is 13.1 Å². The Morgan fingerprint density at radius 2 is 2.32 bits per heavy atom. The molecule has 0 aliphatic carbocycles. The molecule has 1 aliphatic heterocycles. The number of hydrogen-bond donors (Lipinski definition) is 2. The number of nitrogens with zero attached hydrogens (tertiary/aromatic N) is 2. The number of carboxylic acids is 1. The quantitative estimate of drug-likeness (QED) is 0.856. The summed E-state index contributed by atoms with van der Waals surface area (Å²) in [5, 5.41) is 11.9. The van der Waals surface area contributed by atoms with Gasteiger partial charge < -0.3 is 15.3 Å². The zero-order valence-electron chi connectivity index (χ0n) is 11.0. The van der Waals surface area contributed by atoms with Gasteiger partial charge in [0.2, 0.25) is 0 Å². The first kappa shape index (κ1) is 13.3. The number of nitrogens with one attached hydrogen (secondary N) is 1. The van der Waals surface area contributed by atoms with Gasteiger partial charge in [0.25, 0.3) is 0 Å². The SMILES string of the molecule is CC(C)(CN1CC(c2ccccn2)NC1=O)C(=O)O. The minimum Gasteiger partial charge on any atom is -0.481 e. The van der Waals surface area contributed by atoms with E-state index in [2.05, 4.69) is 10.3 Å². The van der Waals surface area contributed by atoms with Crippen molar-refractivity contribution >= 4 is 12.0 Å². The molecule has 0 spiro atoms. The van der Waals surface area contributed by atoms with Crippen LogP contribution in [0.25, 0.3) is 0 Å². The van der Waals surface area contributed by atoms with Gasteiger partial charge in [-0.25, -0.2) is 4.79 Å². The smallest absolute Gasteiger partial charge is 0.318 e. The van der Waals surface area contributed by atoms with Gasteiger partial charge in [0.05, 0.1) is 17.2 Å². The van der Waals surface area contributed by atoms with Crippen LogP contribution in [0, 0.1) is 5.41 Å². The van der Waals surface area contributed by atoms with Crippen molar-refractivity contribution in [2.24, 2.45) is 5.41 Å². The number of carbonyl (C=O) groups is 2. The van der Waals surface area contributed by atoms with E-state index in [1.165, 1.54) is 4.90 Å². The van der Waals surface area contributed by atoms with Gasteiger partial charge in [-0.05, 0) is 26.0 Å². The number of carbonyl (C=O) groups excluding carboxylic acids is 1. The van der Waals surface area contributed by atoms with Crippen molar-refractivity contribution < 1.29 is 14.7 Å². The first-order chi connectivity index (χ1) is 8.90. The van der Waals surface area contributed by atoms with Gasteiger partial charge in [0.15, 0.2) is 0 Å². The van der Waals surface area contributed by atoms with E-state index >= 15 is 0 Å². The van der Waals surface area contributed by atoms with Gasteiger partial charge in [0.1, 0.15) is 0 Å². The molecule has 1 unspecified atom stereocenters. The van der Waals surface area contributed by atoms with Crippen molar-refractivity contribution in [3.63, 3.8) is 0 Å². The van der Waals surface area contributed by atoms with Crippen LogP contribution in [-0.2, 0) is 4.79 Å². The second-order valence-corrected chi connectivity index (χ2v) is 5.33. The van der Waals surface area contributed by atoms with E-state index in [9.17, 15) is 9.59 Å². The van der Waals surface area contributed by atoms with Crippen molar-refractivity contribution in [3.05, 3.63) is 30.1 Å². The van der Waals surface area contributed by atoms with E-state index < -0.39 is 11.4 Å². The van der Waals surface area contributed by atoms with Crippen LogP contribution < -0.4 is 5.32 Å². The van der Waals surface area contributed by atoms with Crippen LogP contribution in [-0.4, -0.2) is 40.1 Å². The van der Waals surface area contributed by atoms with Gasteiger partial charge >= 0.3 is 12.0 Å². The van der Waals surface area contributed by atoms with E-state index in [0.29, 0.717) is 6.54 Å². The Balaban J connectivity index is 2.06. The Hall–Kier alpha value is -2.11. The molecular weight excluding hydrogens is 246 g/mol. The number of hydrogen-bond acceptors (Lipinski definition) is 3. The van der Waals surface area contributed by atoms with Crippen LogP contribution in [0.3, 0.4) is 0 Å². The minimum absolute atomic E-state index is 0.178. The third-order valence-electron chi connectivity index (χ3n) is 3.20. The van der Waals surface area contributed by atoms with E-state index in [1.54, 1.807) is 20.0 Å². The first-order valence-corrected chi connectivity index (χ1v) is 6.10. The van der Waals surface area contributed by atoms with Crippen LogP contribution in [0.2, 0.25) is 0 Å². The summed E-state index contributed by atoms with van der Waals surface area (Å²) in [5.41, 5.74) is -0.178. The Morgan fingerprint density at radius 3 is 2.89 bits per heavy atom. The maximum atomic E-state index is 11.9. The Morgan fingerprint density at radius 1 is 1.58 bits per heavy atom.